The Morgan fingerprint density at radius 3 is 2.68 bits per heavy atom. The van der Waals surface area contributed by atoms with Gasteiger partial charge in [-0.3, -0.25) is 9.69 Å². The first kappa shape index (κ1) is 18.7. The second kappa shape index (κ2) is 8.16. The van der Waals surface area contributed by atoms with Gasteiger partial charge in [0.15, 0.2) is 11.5 Å². The molecule has 4 rings (SSSR count). The second-order valence-corrected chi connectivity index (χ2v) is 7.19. The summed E-state index contributed by atoms with van der Waals surface area (Å²) >= 11 is 0. The lowest BCUT2D eigenvalue weighted by Gasteiger charge is -2.38. The molecule has 0 aliphatic carbocycles. The van der Waals surface area contributed by atoms with Gasteiger partial charge in [-0.2, -0.15) is 0 Å². The molecular formula is C21H24FN3O3. The van der Waals surface area contributed by atoms with Crippen LogP contribution in [0.1, 0.15) is 22.0 Å². The van der Waals surface area contributed by atoms with Crippen molar-refractivity contribution < 1.29 is 18.7 Å². The molecule has 2 aliphatic heterocycles. The highest BCUT2D eigenvalue weighted by atomic mass is 19.1. The molecule has 0 bridgehead atoms. The number of carbonyl (C=O) groups is 1. The van der Waals surface area contributed by atoms with Crippen LogP contribution >= 0.6 is 0 Å². The summed E-state index contributed by atoms with van der Waals surface area (Å²) in [5.41, 5.74) is 1.39. The molecule has 0 saturated carbocycles. The van der Waals surface area contributed by atoms with Gasteiger partial charge in [0.25, 0.3) is 5.91 Å². The molecule has 0 spiro atoms. The number of likely N-dealkylation sites (N-methyl/N-ethyl adjacent to an activating group) is 1. The largest absolute Gasteiger partial charge is 0.454 e. The SMILES string of the molecule is CN1CCN([C@@H](CNC(=O)c2cccc(F)c2)c2ccc3c(c2)OCO3)CC1. The number of benzene rings is 2. The number of ether oxygens (including phenoxy) is 2. The number of carbonyl (C=O) groups excluding carboxylic acids is 1. The van der Waals surface area contributed by atoms with E-state index in [-0.39, 0.29) is 18.7 Å². The standard InChI is InChI=1S/C21H24FN3O3/c1-24-7-9-25(10-8-24)18(15-5-6-19-20(12-15)28-14-27-19)13-23-21(26)16-3-2-4-17(22)11-16/h2-6,11-12,18H,7-10,13-14H2,1H3,(H,23,26)/t18-/m0/s1. The van der Waals surface area contributed by atoms with Gasteiger partial charge < -0.3 is 19.7 Å². The van der Waals surface area contributed by atoms with Crippen molar-refractivity contribution in [3.8, 4) is 11.5 Å². The highest BCUT2D eigenvalue weighted by Crippen LogP contribution is 2.35. The van der Waals surface area contributed by atoms with E-state index in [0.29, 0.717) is 12.1 Å². The number of rotatable bonds is 5. The van der Waals surface area contributed by atoms with Crippen LogP contribution in [-0.2, 0) is 0 Å². The Morgan fingerprint density at radius 2 is 1.89 bits per heavy atom. The fourth-order valence-electron chi connectivity index (χ4n) is 3.63. The Labute approximate surface area is 163 Å². The van der Waals surface area contributed by atoms with E-state index in [0.717, 1.165) is 43.2 Å². The average Bonchev–Trinajstić information content (AvgIpc) is 3.17. The van der Waals surface area contributed by atoms with Gasteiger partial charge in [-0.05, 0) is 42.9 Å². The predicted molar refractivity (Wildman–Crippen MR) is 103 cm³/mol. The first-order valence-corrected chi connectivity index (χ1v) is 9.46. The van der Waals surface area contributed by atoms with Crippen LogP contribution in [0, 0.1) is 5.82 Å². The number of hydrogen-bond acceptors (Lipinski definition) is 5. The van der Waals surface area contributed by atoms with Gasteiger partial charge in [0.05, 0.1) is 6.04 Å². The van der Waals surface area contributed by atoms with Gasteiger partial charge in [-0.1, -0.05) is 12.1 Å². The molecule has 1 fully saturated rings. The summed E-state index contributed by atoms with van der Waals surface area (Å²) in [5.74, 6) is 0.774. The van der Waals surface area contributed by atoms with Crippen LogP contribution in [0.15, 0.2) is 42.5 Å². The highest BCUT2D eigenvalue weighted by Gasteiger charge is 2.26. The van der Waals surface area contributed by atoms with Crippen LogP contribution in [0.25, 0.3) is 0 Å². The van der Waals surface area contributed by atoms with Crippen molar-refractivity contribution in [1.82, 2.24) is 15.1 Å². The zero-order valence-electron chi connectivity index (χ0n) is 15.9. The summed E-state index contributed by atoms with van der Waals surface area (Å²) in [6, 6.07) is 11.7. The van der Waals surface area contributed by atoms with Crippen LogP contribution in [0.2, 0.25) is 0 Å². The number of hydrogen-bond donors (Lipinski definition) is 1. The maximum Gasteiger partial charge on any atom is 0.251 e. The van der Waals surface area contributed by atoms with E-state index < -0.39 is 5.82 Å². The molecular weight excluding hydrogens is 361 g/mol. The lowest BCUT2D eigenvalue weighted by Crippen LogP contribution is -2.48. The molecule has 6 nitrogen and oxygen atoms in total. The quantitative estimate of drug-likeness (QED) is 0.856. The molecule has 2 aliphatic rings. The van der Waals surface area contributed by atoms with Crippen LogP contribution in [0.3, 0.4) is 0 Å². The minimum absolute atomic E-state index is 0.000657. The molecule has 148 valence electrons. The van der Waals surface area contributed by atoms with Crippen molar-refractivity contribution in [2.24, 2.45) is 0 Å². The summed E-state index contributed by atoms with van der Waals surface area (Å²) in [4.78, 5) is 17.2. The van der Waals surface area contributed by atoms with E-state index in [4.69, 9.17) is 9.47 Å². The molecule has 2 heterocycles. The molecule has 2 aromatic rings. The minimum Gasteiger partial charge on any atom is -0.454 e. The fourth-order valence-corrected chi connectivity index (χ4v) is 3.63. The number of amides is 1. The third kappa shape index (κ3) is 4.10. The summed E-state index contributed by atoms with van der Waals surface area (Å²) in [6.07, 6.45) is 0. The smallest absolute Gasteiger partial charge is 0.251 e. The van der Waals surface area contributed by atoms with Crippen LogP contribution in [0.4, 0.5) is 4.39 Å². The molecule has 0 unspecified atom stereocenters. The number of fused-ring (bicyclic) bond motifs is 1. The van der Waals surface area contributed by atoms with E-state index in [2.05, 4.69) is 22.2 Å². The first-order chi connectivity index (χ1) is 13.6. The number of halogens is 1. The fraction of sp³-hybridized carbons (Fsp3) is 0.381. The molecule has 0 aromatic heterocycles. The van der Waals surface area contributed by atoms with E-state index in [1.54, 1.807) is 12.1 Å². The van der Waals surface area contributed by atoms with Crippen molar-refractivity contribution in [2.75, 3.05) is 46.6 Å². The van der Waals surface area contributed by atoms with Crippen molar-refractivity contribution >= 4 is 5.91 Å². The van der Waals surface area contributed by atoms with Gasteiger partial charge in [-0.25, -0.2) is 4.39 Å². The Bertz CT molecular complexity index is 853. The Kier molecular flexibility index (Phi) is 5.45. The summed E-state index contributed by atoms with van der Waals surface area (Å²) in [7, 11) is 2.11. The summed E-state index contributed by atoms with van der Waals surface area (Å²) in [5, 5.41) is 2.97. The number of nitrogens with zero attached hydrogens (tertiary/aromatic N) is 2. The Hall–Kier alpha value is -2.64. The maximum absolute atomic E-state index is 13.4. The molecule has 7 heteroatoms. The van der Waals surface area contributed by atoms with Gasteiger partial charge in [0, 0.05) is 38.3 Å². The van der Waals surface area contributed by atoms with E-state index in [1.807, 2.05) is 18.2 Å². The lowest BCUT2D eigenvalue weighted by atomic mass is 10.0. The van der Waals surface area contributed by atoms with E-state index >= 15 is 0 Å². The Balaban J connectivity index is 1.52. The van der Waals surface area contributed by atoms with Crippen LogP contribution < -0.4 is 14.8 Å². The first-order valence-electron chi connectivity index (χ1n) is 9.46. The van der Waals surface area contributed by atoms with Gasteiger partial charge >= 0.3 is 0 Å². The topological polar surface area (TPSA) is 54.0 Å². The van der Waals surface area contributed by atoms with Crippen molar-refractivity contribution in [1.29, 1.82) is 0 Å². The van der Waals surface area contributed by atoms with Gasteiger partial charge in [0.1, 0.15) is 5.82 Å². The third-order valence-corrected chi connectivity index (χ3v) is 5.30. The van der Waals surface area contributed by atoms with Crippen LogP contribution in [0.5, 0.6) is 11.5 Å². The summed E-state index contributed by atoms with van der Waals surface area (Å²) in [6.45, 7) is 4.42. The third-order valence-electron chi connectivity index (χ3n) is 5.30. The lowest BCUT2D eigenvalue weighted by molar-refractivity contribution is 0.0885. The van der Waals surface area contributed by atoms with Gasteiger partial charge in [-0.15, -0.1) is 0 Å². The zero-order chi connectivity index (χ0) is 19.5. The minimum atomic E-state index is -0.418. The maximum atomic E-state index is 13.4. The molecule has 1 N–H and O–H groups in total. The molecule has 0 radical (unpaired) electrons. The molecule has 2 aromatic carbocycles. The highest BCUT2D eigenvalue weighted by molar-refractivity contribution is 5.94. The van der Waals surface area contributed by atoms with E-state index in [1.165, 1.54) is 12.1 Å². The van der Waals surface area contributed by atoms with Crippen molar-refractivity contribution in [3.05, 3.63) is 59.4 Å². The summed E-state index contributed by atoms with van der Waals surface area (Å²) < 4.78 is 24.4. The zero-order valence-corrected chi connectivity index (χ0v) is 15.9. The molecule has 1 saturated heterocycles. The van der Waals surface area contributed by atoms with Crippen LogP contribution in [-0.4, -0.2) is 62.3 Å². The van der Waals surface area contributed by atoms with E-state index in [9.17, 15) is 9.18 Å². The van der Waals surface area contributed by atoms with Gasteiger partial charge in [0.2, 0.25) is 6.79 Å². The Morgan fingerprint density at radius 1 is 1.11 bits per heavy atom. The second-order valence-electron chi connectivity index (χ2n) is 7.19. The monoisotopic (exact) mass is 385 g/mol. The predicted octanol–water partition coefficient (Wildman–Crippen LogP) is 2.27. The molecule has 1 atom stereocenters. The van der Waals surface area contributed by atoms with Crippen molar-refractivity contribution in [2.45, 2.75) is 6.04 Å². The molecule has 28 heavy (non-hydrogen) atoms. The average molecular weight is 385 g/mol. The normalized spacial score (nSPS) is 18.1. The van der Waals surface area contributed by atoms with Crippen molar-refractivity contribution in [3.63, 3.8) is 0 Å². The number of nitrogens with one attached hydrogen (secondary N) is 1. The molecule has 1 amide bonds. The number of piperazine rings is 1.